The van der Waals surface area contributed by atoms with Crippen molar-refractivity contribution in [2.75, 3.05) is 0 Å². The Kier molecular flexibility index (Phi) is 6.34. The van der Waals surface area contributed by atoms with E-state index in [4.69, 9.17) is 0 Å². The van der Waals surface area contributed by atoms with Gasteiger partial charge in [-0.25, -0.2) is 0 Å². The highest BCUT2D eigenvalue weighted by molar-refractivity contribution is 6.26. The minimum atomic E-state index is 1.13. The normalized spacial score (nSPS) is 12.0. The number of benzene rings is 9. The van der Waals surface area contributed by atoms with Crippen LogP contribution >= 0.6 is 0 Å². The first-order chi connectivity index (χ1) is 27.3. The molecule has 9 aromatic carbocycles. The molecule has 0 aliphatic heterocycles. The van der Waals surface area contributed by atoms with Crippen LogP contribution in [0.25, 0.3) is 104 Å². The van der Waals surface area contributed by atoms with Gasteiger partial charge in [0.1, 0.15) is 0 Å². The summed E-state index contributed by atoms with van der Waals surface area (Å²) in [7, 11) is 0. The van der Waals surface area contributed by atoms with Crippen molar-refractivity contribution in [2.45, 2.75) is 0 Å². The molecule has 3 heteroatoms. The van der Waals surface area contributed by atoms with Gasteiger partial charge >= 0.3 is 0 Å². The molecule has 0 saturated carbocycles. The highest BCUT2D eigenvalue weighted by atomic mass is 15.0. The maximum absolute atomic E-state index is 2.52. The van der Waals surface area contributed by atoms with Crippen LogP contribution in [0.5, 0.6) is 0 Å². The molecule has 3 nitrogen and oxygen atoms in total. The molecule has 0 radical (unpaired) electrons. The third-order valence-electron chi connectivity index (χ3n) is 11.6. The SMILES string of the molecule is c1ccc(-c2ccc(-n3c4ccccc4c4ccc5c(c6ccccc6n5-c5ccc(-n6c7ccccc7c7ccccc76)cc5)c43)c3ccccc23)cc1. The lowest BCUT2D eigenvalue weighted by Crippen LogP contribution is -1.98. The smallest absolute Gasteiger partial charge is 0.0641 e. The summed E-state index contributed by atoms with van der Waals surface area (Å²) >= 11 is 0. The first-order valence-corrected chi connectivity index (χ1v) is 19.0. The van der Waals surface area contributed by atoms with Crippen LogP contribution in [0.15, 0.2) is 200 Å². The Balaban J connectivity index is 1.13. The molecule has 3 aromatic heterocycles. The van der Waals surface area contributed by atoms with Gasteiger partial charge in [0, 0.05) is 49.1 Å². The highest BCUT2D eigenvalue weighted by Gasteiger charge is 2.22. The average molecular weight is 700 g/mol. The van der Waals surface area contributed by atoms with Gasteiger partial charge in [0.25, 0.3) is 0 Å². The summed E-state index contributed by atoms with van der Waals surface area (Å²) in [5.41, 5.74) is 13.2. The van der Waals surface area contributed by atoms with Crippen molar-refractivity contribution >= 4 is 76.2 Å². The highest BCUT2D eigenvalue weighted by Crippen LogP contribution is 2.44. The van der Waals surface area contributed by atoms with E-state index >= 15 is 0 Å². The van der Waals surface area contributed by atoms with Crippen LogP contribution in [0.2, 0.25) is 0 Å². The van der Waals surface area contributed by atoms with E-state index in [1.165, 1.54) is 93.0 Å². The van der Waals surface area contributed by atoms with Crippen molar-refractivity contribution in [1.82, 2.24) is 13.7 Å². The quantitative estimate of drug-likeness (QED) is 0.174. The molecule has 55 heavy (non-hydrogen) atoms. The van der Waals surface area contributed by atoms with Gasteiger partial charge in [0.05, 0.1) is 38.8 Å². The zero-order chi connectivity index (χ0) is 36.0. The van der Waals surface area contributed by atoms with Crippen LogP contribution in [0, 0.1) is 0 Å². The molecule has 0 unspecified atom stereocenters. The number of rotatable bonds is 4. The van der Waals surface area contributed by atoms with E-state index in [0.717, 1.165) is 11.4 Å². The summed E-state index contributed by atoms with van der Waals surface area (Å²) < 4.78 is 7.35. The summed E-state index contributed by atoms with van der Waals surface area (Å²) in [6.07, 6.45) is 0. The second-order valence-corrected chi connectivity index (χ2v) is 14.5. The number of aromatic nitrogens is 3. The molecule has 0 amide bonds. The van der Waals surface area contributed by atoms with Crippen LogP contribution in [0.1, 0.15) is 0 Å². The summed E-state index contributed by atoms with van der Waals surface area (Å²) in [6, 6.07) is 73.1. The van der Waals surface area contributed by atoms with E-state index < -0.39 is 0 Å². The topological polar surface area (TPSA) is 14.8 Å². The predicted molar refractivity (Wildman–Crippen MR) is 232 cm³/mol. The van der Waals surface area contributed by atoms with Crippen LogP contribution in [-0.4, -0.2) is 13.7 Å². The van der Waals surface area contributed by atoms with Gasteiger partial charge in [0.2, 0.25) is 0 Å². The Hall–Kier alpha value is -7.36. The first kappa shape index (κ1) is 30.1. The Bertz CT molecular complexity index is 3420. The summed E-state index contributed by atoms with van der Waals surface area (Å²) in [6.45, 7) is 0. The standard InChI is InChI=1S/C52H33N3/c1-2-14-34(15-3-1)37-30-32-49(39-17-5-4-16-38(37)39)55-47-24-12-8-20-42(47)43-31-33-50-51(52(43)55)44-21-9-13-25-48(44)54(50)36-28-26-35(27-29-36)53-45-22-10-6-18-40(45)41-19-7-11-23-46(41)53/h1-33H. The van der Waals surface area contributed by atoms with E-state index in [-0.39, 0.29) is 0 Å². The number of fused-ring (bicyclic) bond motifs is 11. The molecule has 0 N–H and O–H groups in total. The Labute approximate surface area is 317 Å². The zero-order valence-corrected chi connectivity index (χ0v) is 29.9. The predicted octanol–water partition coefficient (Wildman–Crippen LogP) is 13.8. The molecule has 0 bridgehead atoms. The first-order valence-electron chi connectivity index (χ1n) is 19.0. The largest absolute Gasteiger partial charge is 0.309 e. The molecule has 0 atom stereocenters. The number of nitrogens with zero attached hydrogens (tertiary/aromatic N) is 3. The average Bonchev–Trinajstić information content (AvgIpc) is 3.89. The van der Waals surface area contributed by atoms with E-state index in [0.29, 0.717) is 0 Å². The fraction of sp³-hybridized carbons (Fsp3) is 0. The maximum atomic E-state index is 2.52. The van der Waals surface area contributed by atoms with Crippen LogP contribution < -0.4 is 0 Å². The second-order valence-electron chi connectivity index (χ2n) is 14.5. The molecule has 3 heterocycles. The third-order valence-corrected chi connectivity index (χ3v) is 11.6. The summed E-state index contributed by atoms with van der Waals surface area (Å²) in [4.78, 5) is 0. The second kappa shape index (κ2) is 11.6. The molecule has 0 spiro atoms. The van der Waals surface area contributed by atoms with E-state index in [1.54, 1.807) is 0 Å². The number of para-hydroxylation sites is 4. The van der Waals surface area contributed by atoms with Gasteiger partial charge in [0.15, 0.2) is 0 Å². The number of hydrogen-bond acceptors (Lipinski definition) is 0. The van der Waals surface area contributed by atoms with Crippen molar-refractivity contribution < 1.29 is 0 Å². The fourth-order valence-corrected chi connectivity index (χ4v) is 9.34. The van der Waals surface area contributed by atoms with Crippen molar-refractivity contribution in [2.24, 2.45) is 0 Å². The summed E-state index contributed by atoms with van der Waals surface area (Å²) in [5, 5.41) is 10.0. The fourth-order valence-electron chi connectivity index (χ4n) is 9.34. The van der Waals surface area contributed by atoms with Gasteiger partial charge in [-0.15, -0.1) is 0 Å². The molecule has 12 rings (SSSR count). The lowest BCUT2D eigenvalue weighted by atomic mass is 9.97. The van der Waals surface area contributed by atoms with E-state index in [1.807, 2.05) is 0 Å². The molecule has 12 aromatic rings. The molecular weight excluding hydrogens is 667 g/mol. The van der Waals surface area contributed by atoms with Crippen molar-refractivity contribution in [1.29, 1.82) is 0 Å². The third kappa shape index (κ3) is 4.26. The maximum Gasteiger partial charge on any atom is 0.0641 e. The Morgan fingerprint density at radius 1 is 0.255 bits per heavy atom. The van der Waals surface area contributed by atoms with E-state index in [2.05, 4.69) is 214 Å². The lowest BCUT2D eigenvalue weighted by Gasteiger charge is -2.15. The van der Waals surface area contributed by atoms with Gasteiger partial charge in [-0.05, 0) is 77.2 Å². The Morgan fingerprint density at radius 3 is 1.33 bits per heavy atom. The monoisotopic (exact) mass is 699 g/mol. The minimum Gasteiger partial charge on any atom is -0.309 e. The molecule has 256 valence electrons. The van der Waals surface area contributed by atoms with Crippen LogP contribution in [-0.2, 0) is 0 Å². The van der Waals surface area contributed by atoms with Gasteiger partial charge in [-0.2, -0.15) is 0 Å². The van der Waals surface area contributed by atoms with Gasteiger partial charge in [-0.1, -0.05) is 140 Å². The molecule has 0 aliphatic rings. The number of hydrogen-bond donors (Lipinski definition) is 0. The van der Waals surface area contributed by atoms with E-state index in [9.17, 15) is 0 Å². The molecule has 0 aliphatic carbocycles. The zero-order valence-electron chi connectivity index (χ0n) is 29.9. The molecular formula is C52H33N3. The van der Waals surface area contributed by atoms with Crippen molar-refractivity contribution in [3.63, 3.8) is 0 Å². The minimum absolute atomic E-state index is 1.13. The molecule has 0 saturated heterocycles. The van der Waals surface area contributed by atoms with Gasteiger partial charge in [-0.3, -0.25) is 0 Å². The molecule has 0 fully saturated rings. The summed E-state index contributed by atoms with van der Waals surface area (Å²) in [5.74, 6) is 0. The van der Waals surface area contributed by atoms with Crippen molar-refractivity contribution in [3.8, 4) is 28.2 Å². The lowest BCUT2D eigenvalue weighted by molar-refractivity contribution is 1.14. The van der Waals surface area contributed by atoms with Crippen molar-refractivity contribution in [3.05, 3.63) is 200 Å². The Morgan fingerprint density at radius 2 is 0.709 bits per heavy atom. The van der Waals surface area contributed by atoms with Crippen LogP contribution in [0.3, 0.4) is 0 Å². The van der Waals surface area contributed by atoms with Gasteiger partial charge < -0.3 is 13.7 Å². The van der Waals surface area contributed by atoms with Crippen LogP contribution in [0.4, 0.5) is 0 Å².